The van der Waals surface area contributed by atoms with Crippen molar-refractivity contribution in [3.05, 3.63) is 58.9 Å². The molecule has 2 aromatic carbocycles. The number of hydrogen-bond donors (Lipinski definition) is 0. The number of aromatic nitrogens is 2. The van der Waals surface area contributed by atoms with Crippen molar-refractivity contribution in [3.63, 3.8) is 0 Å². The Kier molecular flexibility index (Phi) is 4.18. The summed E-state index contributed by atoms with van der Waals surface area (Å²) in [4.78, 5) is 4.69. The fourth-order valence-electron chi connectivity index (χ4n) is 2.54. The summed E-state index contributed by atoms with van der Waals surface area (Å²) in [7, 11) is 0. The molecule has 0 radical (unpaired) electrons. The van der Waals surface area contributed by atoms with Gasteiger partial charge in [-0.1, -0.05) is 30.7 Å². The number of fused-ring (bicyclic) bond motifs is 1. The number of hydrogen-bond acceptors (Lipinski definition) is 1. The van der Waals surface area contributed by atoms with Crippen molar-refractivity contribution in [1.82, 2.24) is 9.55 Å². The van der Waals surface area contributed by atoms with Gasteiger partial charge in [0.15, 0.2) is 0 Å². The number of aryl methyl sites for hydroxylation is 2. The van der Waals surface area contributed by atoms with Crippen LogP contribution in [0.15, 0.2) is 42.5 Å². The molecule has 3 rings (SSSR count). The van der Waals surface area contributed by atoms with Crippen LogP contribution in [0.4, 0.5) is 0 Å². The predicted octanol–water partition coefficient (Wildman–Crippen LogP) is 5.02. The minimum atomic E-state index is 0.642. The van der Waals surface area contributed by atoms with Gasteiger partial charge in [0.2, 0.25) is 0 Å². The van der Waals surface area contributed by atoms with Gasteiger partial charge in [-0.15, -0.1) is 11.6 Å². The maximum absolute atomic E-state index is 6.14. The molecule has 0 aliphatic heterocycles. The van der Waals surface area contributed by atoms with Gasteiger partial charge < -0.3 is 0 Å². The molecule has 0 spiro atoms. The van der Waals surface area contributed by atoms with Crippen molar-refractivity contribution >= 4 is 34.2 Å². The summed E-state index contributed by atoms with van der Waals surface area (Å²) < 4.78 is 2.17. The third-order valence-electron chi connectivity index (χ3n) is 3.58. The summed E-state index contributed by atoms with van der Waals surface area (Å²) in [5.74, 6) is 1.68. The summed E-state index contributed by atoms with van der Waals surface area (Å²) >= 11 is 11.9. The molecule has 0 aliphatic carbocycles. The highest BCUT2D eigenvalue weighted by Gasteiger charge is 2.11. The van der Waals surface area contributed by atoms with Gasteiger partial charge >= 0.3 is 0 Å². The second kappa shape index (κ2) is 6.08. The van der Waals surface area contributed by atoms with Gasteiger partial charge in [0.05, 0.1) is 11.0 Å². The molecule has 0 unspecified atom stereocenters. The first kappa shape index (κ1) is 14.4. The van der Waals surface area contributed by atoms with Crippen LogP contribution in [0.25, 0.3) is 16.7 Å². The van der Waals surface area contributed by atoms with E-state index in [1.54, 1.807) is 0 Å². The van der Waals surface area contributed by atoms with Crippen LogP contribution in [0.1, 0.15) is 18.3 Å². The lowest BCUT2D eigenvalue weighted by Crippen LogP contribution is -2.00. The fraction of sp³-hybridized carbons (Fsp3) is 0.235. The van der Waals surface area contributed by atoms with Crippen molar-refractivity contribution in [1.29, 1.82) is 0 Å². The molecular formula is C17H16Cl2N2. The molecule has 0 atom stereocenters. The highest BCUT2D eigenvalue weighted by atomic mass is 35.5. The lowest BCUT2D eigenvalue weighted by molar-refractivity contribution is 0.907. The van der Waals surface area contributed by atoms with Crippen molar-refractivity contribution in [2.24, 2.45) is 0 Å². The maximum atomic E-state index is 6.14. The topological polar surface area (TPSA) is 17.8 Å². The largest absolute Gasteiger partial charge is 0.296 e. The van der Waals surface area contributed by atoms with Crippen LogP contribution in [0.5, 0.6) is 0 Å². The summed E-state index contributed by atoms with van der Waals surface area (Å²) in [6, 6.07) is 14.3. The molecule has 0 N–H and O–H groups in total. The molecule has 0 fully saturated rings. The van der Waals surface area contributed by atoms with Crippen molar-refractivity contribution in [3.8, 4) is 5.69 Å². The molecule has 1 aromatic heterocycles. The van der Waals surface area contributed by atoms with Crippen LogP contribution in [0, 0.1) is 0 Å². The second-order valence-electron chi connectivity index (χ2n) is 4.96. The fourth-order valence-corrected chi connectivity index (χ4v) is 2.93. The van der Waals surface area contributed by atoms with Crippen LogP contribution in [0.2, 0.25) is 5.02 Å². The number of benzene rings is 2. The Morgan fingerprint density at radius 1 is 1.10 bits per heavy atom. The van der Waals surface area contributed by atoms with Crippen molar-refractivity contribution < 1.29 is 0 Å². The molecule has 3 aromatic rings. The van der Waals surface area contributed by atoms with Gasteiger partial charge in [0, 0.05) is 23.0 Å². The molecule has 0 saturated heterocycles. The molecule has 4 heteroatoms. The highest BCUT2D eigenvalue weighted by Crippen LogP contribution is 2.25. The second-order valence-corrected chi connectivity index (χ2v) is 5.77. The average molecular weight is 319 g/mol. The third kappa shape index (κ3) is 2.78. The van der Waals surface area contributed by atoms with E-state index < -0.39 is 0 Å². The van der Waals surface area contributed by atoms with Crippen LogP contribution < -0.4 is 0 Å². The summed E-state index contributed by atoms with van der Waals surface area (Å²) in [6.45, 7) is 2.11. The van der Waals surface area contributed by atoms with E-state index in [-0.39, 0.29) is 0 Å². The first-order valence-corrected chi connectivity index (χ1v) is 7.96. The van der Waals surface area contributed by atoms with Gasteiger partial charge in [-0.05, 0) is 42.3 Å². The first-order valence-electron chi connectivity index (χ1n) is 7.05. The standard InChI is InChI=1S/C17H16Cl2N2/c1-2-17-20-15-8-5-13(19)11-16(15)21(17)14-6-3-12(4-7-14)9-10-18/h3-8,11H,2,9-10H2,1H3. The number of nitrogens with zero attached hydrogens (tertiary/aromatic N) is 2. The van der Waals surface area contributed by atoms with E-state index in [0.29, 0.717) is 5.88 Å². The number of rotatable bonds is 4. The lowest BCUT2D eigenvalue weighted by Gasteiger charge is -2.09. The average Bonchev–Trinajstić information content (AvgIpc) is 2.86. The molecule has 0 bridgehead atoms. The van der Waals surface area contributed by atoms with Crippen LogP contribution in [-0.2, 0) is 12.8 Å². The van der Waals surface area contributed by atoms with Crippen LogP contribution in [0.3, 0.4) is 0 Å². The first-order chi connectivity index (χ1) is 10.2. The summed E-state index contributed by atoms with van der Waals surface area (Å²) in [5, 5.41) is 0.727. The minimum absolute atomic E-state index is 0.642. The van der Waals surface area contributed by atoms with Gasteiger partial charge in [-0.2, -0.15) is 0 Å². The Morgan fingerprint density at radius 2 is 1.86 bits per heavy atom. The van der Waals surface area contributed by atoms with Gasteiger partial charge in [-0.3, -0.25) is 4.57 Å². The quantitative estimate of drug-likeness (QED) is 0.617. The number of alkyl halides is 1. The molecule has 0 amide bonds. The molecule has 0 saturated carbocycles. The highest BCUT2D eigenvalue weighted by molar-refractivity contribution is 6.31. The molecular weight excluding hydrogens is 303 g/mol. The SMILES string of the molecule is CCc1nc2ccc(Cl)cc2n1-c1ccc(CCCl)cc1. The zero-order chi connectivity index (χ0) is 14.8. The van der Waals surface area contributed by atoms with E-state index in [9.17, 15) is 0 Å². The maximum Gasteiger partial charge on any atom is 0.114 e. The minimum Gasteiger partial charge on any atom is -0.296 e. The van der Waals surface area contributed by atoms with E-state index in [4.69, 9.17) is 28.2 Å². The Morgan fingerprint density at radius 3 is 2.52 bits per heavy atom. The van der Waals surface area contributed by atoms with E-state index in [0.717, 1.165) is 40.4 Å². The van der Waals surface area contributed by atoms with Crippen LogP contribution in [-0.4, -0.2) is 15.4 Å². The monoisotopic (exact) mass is 318 g/mol. The smallest absolute Gasteiger partial charge is 0.114 e. The summed E-state index contributed by atoms with van der Waals surface area (Å²) in [6.07, 6.45) is 1.76. The van der Waals surface area contributed by atoms with Gasteiger partial charge in [-0.25, -0.2) is 4.98 Å². The van der Waals surface area contributed by atoms with E-state index in [1.165, 1.54) is 5.56 Å². The van der Waals surface area contributed by atoms with Crippen molar-refractivity contribution in [2.75, 3.05) is 5.88 Å². The molecule has 0 aliphatic rings. The Hall–Kier alpha value is -1.51. The lowest BCUT2D eigenvalue weighted by atomic mass is 10.1. The number of halogens is 2. The van der Waals surface area contributed by atoms with Gasteiger partial charge in [0.25, 0.3) is 0 Å². The van der Waals surface area contributed by atoms with E-state index in [1.807, 2.05) is 18.2 Å². The Balaban J connectivity index is 2.15. The molecule has 2 nitrogen and oxygen atoms in total. The zero-order valence-corrected chi connectivity index (χ0v) is 13.3. The Labute approximate surface area is 134 Å². The van der Waals surface area contributed by atoms with Crippen molar-refractivity contribution in [2.45, 2.75) is 19.8 Å². The number of imidazole rings is 1. The van der Waals surface area contributed by atoms with E-state index in [2.05, 4.69) is 35.8 Å². The third-order valence-corrected chi connectivity index (χ3v) is 4.00. The predicted molar refractivity (Wildman–Crippen MR) is 89.9 cm³/mol. The normalized spacial score (nSPS) is 11.2. The van der Waals surface area contributed by atoms with Gasteiger partial charge in [0.1, 0.15) is 5.82 Å². The zero-order valence-electron chi connectivity index (χ0n) is 11.8. The Bertz CT molecular complexity index is 760. The van der Waals surface area contributed by atoms with E-state index >= 15 is 0 Å². The molecule has 21 heavy (non-hydrogen) atoms. The molecule has 1 heterocycles. The molecule has 108 valence electrons. The van der Waals surface area contributed by atoms with Crippen LogP contribution >= 0.6 is 23.2 Å². The summed E-state index contributed by atoms with van der Waals surface area (Å²) in [5.41, 5.74) is 4.37.